The number of nitrogens with one attached hydrogen (secondary N) is 1. The van der Waals surface area contributed by atoms with E-state index in [-0.39, 0.29) is 12.4 Å². The third-order valence-electron chi connectivity index (χ3n) is 1.91. The zero-order valence-electron chi connectivity index (χ0n) is 8.18. The molecule has 0 aromatic heterocycles. The Balaban J connectivity index is 0. The van der Waals surface area contributed by atoms with Gasteiger partial charge in [-0.1, -0.05) is 26.7 Å². The number of halogens is 1. The minimum Gasteiger partial charge on any atom is -0.317 e. The highest BCUT2D eigenvalue weighted by molar-refractivity contribution is 5.85. The first kappa shape index (κ1) is 13.8. The first-order chi connectivity index (χ1) is 4.66. The van der Waals surface area contributed by atoms with Crippen LogP contribution in [0, 0.1) is 5.92 Å². The molecule has 1 nitrogen and oxygen atoms in total. The van der Waals surface area contributed by atoms with E-state index in [1.54, 1.807) is 0 Å². The zero-order chi connectivity index (χ0) is 7.98. The molecule has 0 bridgehead atoms. The molecule has 0 spiro atoms. The van der Waals surface area contributed by atoms with E-state index >= 15 is 0 Å². The van der Waals surface area contributed by atoms with Gasteiger partial charge in [-0.15, -0.1) is 12.4 Å². The van der Waals surface area contributed by atoms with Crippen molar-refractivity contribution in [1.82, 2.24) is 5.32 Å². The van der Waals surface area contributed by atoms with Crippen molar-refractivity contribution in [2.24, 2.45) is 5.92 Å². The molecule has 0 rings (SSSR count). The van der Waals surface area contributed by atoms with Crippen molar-refractivity contribution in [3.05, 3.63) is 0 Å². The van der Waals surface area contributed by atoms with Crippen LogP contribution in [-0.4, -0.2) is 13.1 Å². The molecule has 0 radical (unpaired) electrons. The lowest BCUT2D eigenvalue weighted by Gasteiger charge is -2.10. The maximum atomic E-state index is 3.24. The van der Waals surface area contributed by atoms with Crippen LogP contribution in [0.1, 0.15) is 40.0 Å². The Morgan fingerprint density at radius 3 is 2.00 bits per heavy atom. The monoisotopic (exact) mass is 179 g/mol. The lowest BCUT2D eigenvalue weighted by atomic mass is 10.0. The van der Waals surface area contributed by atoms with Crippen LogP contribution < -0.4 is 5.32 Å². The molecule has 70 valence electrons. The zero-order valence-corrected chi connectivity index (χ0v) is 9.00. The van der Waals surface area contributed by atoms with Crippen LogP contribution in [0.25, 0.3) is 0 Å². The van der Waals surface area contributed by atoms with Crippen molar-refractivity contribution >= 4 is 12.4 Å². The Morgan fingerprint density at radius 2 is 1.64 bits per heavy atom. The smallest absolute Gasteiger partial charge is 0.00357 e. The normalized spacial score (nSPS) is 12.8. The molecule has 1 unspecified atom stereocenters. The summed E-state index contributed by atoms with van der Waals surface area (Å²) < 4.78 is 0. The van der Waals surface area contributed by atoms with Crippen molar-refractivity contribution in [2.75, 3.05) is 7.05 Å². The molecular weight excluding hydrogens is 158 g/mol. The van der Waals surface area contributed by atoms with Gasteiger partial charge in [-0.25, -0.2) is 0 Å². The van der Waals surface area contributed by atoms with Crippen molar-refractivity contribution in [3.8, 4) is 0 Å². The van der Waals surface area contributed by atoms with E-state index in [0.717, 1.165) is 5.92 Å². The lowest BCUT2D eigenvalue weighted by Crippen LogP contribution is -2.20. The predicted octanol–water partition coefficient (Wildman–Crippen LogP) is 2.84. The van der Waals surface area contributed by atoms with E-state index in [9.17, 15) is 0 Å². The summed E-state index contributed by atoms with van der Waals surface area (Å²) in [4.78, 5) is 0. The van der Waals surface area contributed by atoms with Gasteiger partial charge in [0.15, 0.2) is 0 Å². The van der Waals surface area contributed by atoms with Crippen molar-refractivity contribution < 1.29 is 0 Å². The molecule has 0 amide bonds. The molecule has 0 heterocycles. The van der Waals surface area contributed by atoms with E-state index in [0.29, 0.717) is 6.04 Å². The van der Waals surface area contributed by atoms with Crippen LogP contribution in [0.15, 0.2) is 0 Å². The molecule has 0 saturated heterocycles. The predicted molar refractivity (Wildman–Crippen MR) is 54.5 cm³/mol. The second kappa shape index (κ2) is 8.35. The molecule has 0 aliphatic carbocycles. The Bertz CT molecular complexity index is 74.0. The molecule has 1 atom stereocenters. The molecule has 1 N–H and O–H groups in total. The van der Waals surface area contributed by atoms with E-state index in [1.807, 2.05) is 7.05 Å². The molecule has 0 aliphatic heterocycles. The average Bonchev–Trinajstić information content (AvgIpc) is 1.87. The van der Waals surface area contributed by atoms with E-state index in [1.165, 1.54) is 19.3 Å². The Hall–Kier alpha value is 0.250. The summed E-state index contributed by atoms with van der Waals surface area (Å²) in [6.07, 6.45) is 4.04. The van der Waals surface area contributed by atoms with Crippen LogP contribution in [0.4, 0.5) is 0 Å². The molecule has 0 fully saturated rings. The van der Waals surface area contributed by atoms with E-state index in [2.05, 4.69) is 26.1 Å². The summed E-state index contributed by atoms with van der Waals surface area (Å²) in [6, 6.07) is 0.693. The summed E-state index contributed by atoms with van der Waals surface area (Å²) in [7, 11) is 2.03. The highest BCUT2D eigenvalue weighted by Crippen LogP contribution is 2.07. The molecule has 0 aromatic rings. The first-order valence-electron chi connectivity index (χ1n) is 4.34. The number of hydrogen-bond donors (Lipinski definition) is 1. The summed E-state index contributed by atoms with van der Waals surface area (Å²) in [6.45, 7) is 6.80. The average molecular weight is 180 g/mol. The molecule has 2 heteroatoms. The maximum Gasteiger partial charge on any atom is 0.00357 e. The standard InChI is InChI=1S/C9H21N.ClH/c1-8(2)6-5-7-9(3)10-4;/h8-10H,5-7H2,1-4H3;1H. The molecule has 11 heavy (non-hydrogen) atoms. The Labute approximate surface area is 77.4 Å². The lowest BCUT2D eigenvalue weighted by molar-refractivity contribution is 0.479. The summed E-state index contributed by atoms with van der Waals surface area (Å²) in [5.41, 5.74) is 0. The van der Waals surface area contributed by atoms with Gasteiger partial charge in [-0.2, -0.15) is 0 Å². The summed E-state index contributed by atoms with van der Waals surface area (Å²) in [5.74, 6) is 0.865. The Kier molecular flexibility index (Phi) is 10.5. The van der Waals surface area contributed by atoms with Crippen LogP contribution in [-0.2, 0) is 0 Å². The maximum absolute atomic E-state index is 3.24. The van der Waals surface area contributed by atoms with Gasteiger partial charge in [-0.3, -0.25) is 0 Å². The van der Waals surface area contributed by atoms with Gasteiger partial charge in [0.1, 0.15) is 0 Å². The number of hydrogen-bond acceptors (Lipinski definition) is 1. The fraction of sp³-hybridized carbons (Fsp3) is 1.00. The fourth-order valence-corrected chi connectivity index (χ4v) is 0.977. The van der Waals surface area contributed by atoms with Crippen molar-refractivity contribution in [3.63, 3.8) is 0 Å². The van der Waals surface area contributed by atoms with Gasteiger partial charge in [0.25, 0.3) is 0 Å². The first-order valence-corrected chi connectivity index (χ1v) is 4.34. The largest absolute Gasteiger partial charge is 0.317 e. The van der Waals surface area contributed by atoms with Gasteiger partial charge >= 0.3 is 0 Å². The molecule has 0 aliphatic rings. The van der Waals surface area contributed by atoms with Gasteiger partial charge < -0.3 is 5.32 Å². The quantitative estimate of drug-likeness (QED) is 0.685. The van der Waals surface area contributed by atoms with Crippen molar-refractivity contribution in [2.45, 2.75) is 46.1 Å². The van der Waals surface area contributed by atoms with E-state index < -0.39 is 0 Å². The molecular formula is C9H22ClN. The van der Waals surface area contributed by atoms with Gasteiger partial charge in [-0.05, 0) is 26.3 Å². The van der Waals surface area contributed by atoms with Crippen LogP contribution in [0.2, 0.25) is 0 Å². The van der Waals surface area contributed by atoms with Crippen LogP contribution in [0.3, 0.4) is 0 Å². The van der Waals surface area contributed by atoms with Gasteiger partial charge in [0.05, 0.1) is 0 Å². The van der Waals surface area contributed by atoms with Gasteiger partial charge in [0, 0.05) is 6.04 Å². The topological polar surface area (TPSA) is 12.0 Å². The second-order valence-corrected chi connectivity index (χ2v) is 3.51. The third kappa shape index (κ3) is 10.2. The van der Waals surface area contributed by atoms with Gasteiger partial charge in [0.2, 0.25) is 0 Å². The third-order valence-corrected chi connectivity index (χ3v) is 1.91. The highest BCUT2D eigenvalue weighted by Gasteiger charge is 1.98. The fourth-order valence-electron chi connectivity index (χ4n) is 0.977. The number of rotatable bonds is 5. The Morgan fingerprint density at radius 1 is 1.09 bits per heavy atom. The highest BCUT2D eigenvalue weighted by atomic mass is 35.5. The van der Waals surface area contributed by atoms with E-state index in [4.69, 9.17) is 0 Å². The molecule has 0 aromatic carbocycles. The molecule has 0 saturated carbocycles. The summed E-state index contributed by atoms with van der Waals surface area (Å²) >= 11 is 0. The second-order valence-electron chi connectivity index (χ2n) is 3.51. The minimum absolute atomic E-state index is 0. The summed E-state index contributed by atoms with van der Waals surface area (Å²) in [5, 5.41) is 3.24. The SMILES string of the molecule is CNC(C)CCCC(C)C.Cl. The van der Waals surface area contributed by atoms with Crippen molar-refractivity contribution in [1.29, 1.82) is 0 Å². The van der Waals surface area contributed by atoms with Crippen LogP contribution >= 0.6 is 12.4 Å². The minimum atomic E-state index is 0. The van der Waals surface area contributed by atoms with Crippen LogP contribution in [0.5, 0.6) is 0 Å².